The first kappa shape index (κ1) is 15.2. The summed E-state index contributed by atoms with van der Waals surface area (Å²) in [6.07, 6.45) is 4.09. The number of aromatic nitrogens is 2. The molecule has 0 unspecified atom stereocenters. The van der Waals surface area contributed by atoms with Gasteiger partial charge in [-0.15, -0.1) is 0 Å². The Morgan fingerprint density at radius 1 is 1.00 bits per heavy atom. The molecule has 0 saturated heterocycles. The minimum atomic E-state index is -0.550. The molecule has 0 spiro atoms. The van der Waals surface area contributed by atoms with Crippen molar-refractivity contribution in [1.29, 1.82) is 0 Å². The van der Waals surface area contributed by atoms with Gasteiger partial charge in [-0.05, 0) is 30.0 Å². The summed E-state index contributed by atoms with van der Waals surface area (Å²) in [4.78, 5) is 24.1. The van der Waals surface area contributed by atoms with Crippen LogP contribution in [0.5, 0.6) is 0 Å². The molecular formula is C16H19FN2O2. The lowest BCUT2D eigenvalue weighted by Crippen LogP contribution is -2.40. The quantitative estimate of drug-likeness (QED) is 0.793. The maximum Gasteiger partial charge on any atom is 0.316 e. The van der Waals surface area contributed by atoms with E-state index in [1.54, 1.807) is 24.5 Å². The van der Waals surface area contributed by atoms with E-state index in [1.807, 2.05) is 0 Å². The van der Waals surface area contributed by atoms with E-state index < -0.39 is 11.1 Å². The predicted octanol–water partition coefficient (Wildman–Crippen LogP) is 2.24. The molecule has 1 aromatic carbocycles. The highest BCUT2D eigenvalue weighted by molar-refractivity contribution is 5.16. The van der Waals surface area contributed by atoms with E-state index in [0.29, 0.717) is 12.5 Å². The van der Waals surface area contributed by atoms with Gasteiger partial charge in [0.2, 0.25) is 0 Å². The monoisotopic (exact) mass is 290 g/mol. The third-order valence-electron chi connectivity index (χ3n) is 3.34. The zero-order chi connectivity index (χ0) is 15.4. The first-order chi connectivity index (χ1) is 9.97. The number of hydrogen-bond donors (Lipinski definition) is 0. The van der Waals surface area contributed by atoms with Gasteiger partial charge in [-0.3, -0.25) is 9.59 Å². The van der Waals surface area contributed by atoms with Gasteiger partial charge in [-0.25, -0.2) is 4.39 Å². The molecule has 0 aliphatic heterocycles. The zero-order valence-electron chi connectivity index (χ0n) is 12.3. The van der Waals surface area contributed by atoms with Gasteiger partial charge in [0.1, 0.15) is 5.82 Å². The van der Waals surface area contributed by atoms with Crippen LogP contribution in [0.1, 0.15) is 25.8 Å². The minimum Gasteiger partial charge on any atom is -0.309 e. The Morgan fingerprint density at radius 2 is 1.57 bits per heavy atom. The van der Waals surface area contributed by atoms with Crippen molar-refractivity contribution < 1.29 is 4.39 Å². The van der Waals surface area contributed by atoms with E-state index in [-0.39, 0.29) is 12.4 Å². The molecule has 0 atom stereocenters. The van der Waals surface area contributed by atoms with E-state index in [1.165, 1.54) is 21.3 Å². The van der Waals surface area contributed by atoms with Gasteiger partial charge < -0.3 is 9.13 Å². The van der Waals surface area contributed by atoms with E-state index in [9.17, 15) is 14.0 Å². The molecule has 0 radical (unpaired) electrons. The van der Waals surface area contributed by atoms with Crippen LogP contribution in [0, 0.1) is 11.7 Å². The number of halogens is 1. The SMILES string of the molecule is CC(C)CCn1ccn(Cc2ccc(F)cc2)c(=O)c1=O. The normalized spacial score (nSPS) is 11.0. The van der Waals surface area contributed by atoms with E-state index in [2.05, 4.69) is 13.8 Å². The maximum atomic E-state index is 12.8. The summed E-state index contributed by atoms with van der Waals surface area (Å²) in [5.41, 5.74) is -0.288. The molecule has 0 aliphatic carbocycles. The molecule has 21 heavy (non-hydrogen) atoms. The number of benzene rings is 1. The smallest absolute Gasteiger partial charge is 0.309 e. The number of rotatable bonds is 5. The summed E-state index contributed by atoms with van der Waals surface area (Å²) in [5.74, 6) is 0.147. The Balaban J connectivity index is 2.22. The molecule has 4 nitrogen and oxygen atoms in total. The van der Waals surface area contributed by atoms with Crippen LogP contribution in [0.4, 0.5) is 4.39 Å². The Bertz CT molecular complexity index is 714. The van der Waals surface area contributed by atoms with Gasteiger partial charge in [0, 0.05) is 18.9 Å². The first-order valence-electron chi connectivity index (χ1n) is 7.01. The highest BCUT2D eigenvalue weighted by atomic mass is 19.1. The van der Waals surface area contributed by atoms with E-state index in [0.717, 1.165) is 12.0 Å². The van der Waals surface area contributed by atoms with Crippen LogP contribution in [0.15, 0.2) is 46.2 Å². The van der Waals surface area contributed by atoms with Crippen molar-refractivity contribution in [1.82, 2.24) is 9.13 Å². The van der Waals surface area contributed by atoms with Gasteiger partial charge in [-0.1, -0.05) is 26.0 Å². The van der Waals surface area contributed by atoms with Crippen molar-refractivity contribution in [3.63, 3.8) is 0 Å². The Labute approximate surface area is 122 Å². The summed E-state index contributed by atoms with van der Waals surface area (Å²) in [5, 5.41) is 0. The lowest BCUT2D eigenvalue weighted by atomic mass is 10.1. The topological polar surface area (TPSA) is 44.0 Å². The van der Waals surface area contributed by atoms with Crippen LogP contribution in [0.2, 0.25) is 0 Å². The van der Waals surface area contributed by atoms with Gasteiger partial charge in [0.15, 0.2) is 0 Å². The highest BCUT2D eigenvalue weighted by Gasteiger charge is 2.06. The average Bonchev–Trinajstić information content (AvgIpc) is 2.45. The summed E-state index contributed by atoms with van der Waals surface area (Å²) in [6.45, 7) is 4.95. The largest absolute Gasteiger partial charge is 0.316 e. The van der Waals surface area contributed by atoms with Crippen molar-refractivity contribution in [2.24, 2.45) is 5.92 Å². The summed E-state index contributed by atoms with van der Waals surface area (Å²) >= 11 is 0. The van der Waals surface area contributed by atoms with Crippen molar-refractivity contribution in [3.05, 3.63) is 68.7 Å². The number of hydrogen-bond acceptors (Lipinski definition) is 2. The summed E-state index contributed by atoms with van der Waals surface area (Å²) in [6, 6.07) is 5.88. The molecule has 2 rings (SSSR count). The Morgan fingerprint density at radius 3 is 2.19 bits per heavy atom. The third-order valence-corrected chi connectivity index (χ3v) is 3.34. The van der Waals surface area contributed by atoms with Crippen molar-refractivity contribution >= 4 is 0 Å². The first-order valence-corrected chi connectivity index (χ1v) is 7.01. The Hall–Kier alpha value is -2.17. The molecule has 0 fully saturated rings. The Kier molecular flexibility index (Phi) is 4.73. The number of nitrogens with zero attached hydrogens (tertiary/aromatic N) is 2. The molecule has 2 aromatic rings. The van der Waals surface area contributed by atoms with Crippen molar-refractivity contribution in [3.8, 4) is 0 Å². The fourth-order valence-corrected chi connectivity index (χ4v) is 2.03. The van der Waals surface area contributed by atoms with Crippen LogP contribution >= 0.6 is 0 Å². The lowest BCUT2D eigenvalue weighted by molar-refractivity contribution is 0.499. The van der Waals surface area contributed by atoms with E-state index in [4.69, 9.17) is 0 Å². The van der Waals surface area contributed by atoms with Crippen LogP contribution < -0.4 is 11.1 Å². The molecule has 1 heterocycles. The van der Waals surface area contributed by atoms with Crippen LogP contribution in [-0.4, -0.2) is 9.13 Å². The number of aryl methyl sites for hydroxylation is 1. The van der Waals surface area contributed by atoms with Gasteiger partial charge >= 0.3 is 11.1 Å². The van der Waals surface area contributed by atoms with Gasteiger partial charge in [0.25, 0.3) is 0 Å². The van der Waals surface area contributed by atoms with Crippen molar-refractivity contribution in [2.75, 3.05) is 0 Å². The molecule has 0 aliphatic rings. The summed E-state index contributed by atoms with van der Waals surface area (Å²) in [7, 11) is 0. The van der Waals surface area contributed by atoms with Crippen molar-refractivity contribution in [2.45, 2.75) is 33.4 Å². The van der Waals surface area contributed by atoms with Gasteiger partial charge in [0.05, 0.1) is 6.54 Å². The molecule has 0 bridgehead atoms. The van der Waals surface area contributed by atoms with Crippen LogP contribution in [0.3, 0.4) is 0 Å². The van der Waals surface area contributed by atoms with Gasteiger partial charge in [-0.2, -0.15) is 0 Å². The molecule has 112 valence electrons. The molecule has 0 saturated carbocycles. The average molecular weight is 290 g/mol. The minimum absolute atomic E-state index is 0.263. The highest BCUT2D eigenvalue weighted by Crippen LogP contribution is 2.04. The van der Waals surface area contributed by atoms with Crippen LogP contribution in [-0.2, 0) is 13.1 Å². The molecular weight excluding hydrogens is 271 g/mol. The standard InChI is InChI=1S/C16H19FN2O2/c1-12(2)7-8-18-9-10-19(16(21)15(18)20)11-13-3-5-14(17)6-4-13/h3-6,9-10,12H,7-8,11H2,1-2H3. The zero-order valence-corrected chi connectivity index (χ0v) is 12.3. The predicted molar refractivity (Wildman–Crippen MR) is 79.9 cm³/mol. The third kappa shape index (κ3) is 3.90. The second-order valence-corrected chi connectivity index (χ2v) is 5.54. The fourth-order valence-electron chi connectivity index (χ4n) is 2.03. The van der Waals surface area contributed by atoms with Crippen LogP contribution in [0.25, 0.3) is 0 Å². The second-order valence-electron chi connectivity index (χ2n) is 5.54. The fraction of sp³-hybridized carbons (Fsp3) is 0.375. The molecule has 1 aromatic heterocycles. The molecule has 5 heteroatoms. The second kappa shape index (κ2) is 6.52. The maximum absolute atomic E-state index is 12.8. The summed E-state index contributed by atoms with van der Waals surface area (Å²) < 4.78 is 15.6. The molecule has 0 N–H and O–H groups in total. The lowest BCUT2D eigenvalue weighted by Gasteiger charge is -2.10. The molecule has 0 amide bonds. The van der Waals surface area contributed by atoms with E-state index >= 15 is 0 Å².